The van der Waals surface area contributed by atoms with E-state index in [0.717, 1.165) is 37.6 Å². The second kappa shape index (κ2) is 7.36. The Morgan fingerprint density at radius 1 is 1.00 bits per heavy atom. The molecule has 6 unspecified atom stereocenters. The summed E-state index contributed by atoms with van der Waals surface area (Å²) in [6, 6.07) is 0. The highest BCUT2D eigenvalue weighted by atomic mass is 35.5. The highest BCUT2D eigenvalue weighted by Crippen LogP contribution is 2.48. The van der Waals surface area contributed by atoms with Gasteiger partial charge >= 0.3 is 0 Å². The minimum absolute atomic E-state index is 0.0157. The van der Waals surface area contributed by atoms with E-state index in [0.29, 0.717) is 6.67 Å². The van der Waals surface area contributed by atoms with E-state index in [1.54, 1.807) is 0 Å². The maximum atomic E-state index is 11.0. The second-order valence-corrected chi connectivity index (χ2v) is 9.73. The largest absolute Gasteiger partial charge is 0.390 e. The molecule has 0 radical (unpaired) electrons. The Hall–Kier alpha value is 0.01000. The first-order valence-corrected chi connectivity index (χ1v) is 11.0. The molecule has 3 saturated heterocycles. The van der Waals surface area contributed by atoms with Crippen molar-refractivity contribution in [1.82, 2.24) is 15.5 Å². The van der Waals surface area contributed by atoms with Crippen molar-refractivity contribution in [2.75, 3.05) is 13.2 Å². The van der Waals surface area contributed by atoms with Gasteiger partial charge in [-0.1, -0.05) is 0 Å². The molecule has 5 N–H and O–H groups in total. The fourth-order valence-electron chi connectivity index (χ4n) is 6.20. The average molecular weight is 402 g/mol. The number of nitrogens with one attached hydrogen (secondary N) is 2. The van der Waals surface area contributed by atoms with Crippen LogP contribution in [0.1, 0.15) is 38.5 Å². The monoisotopic (exact) mass is 401 g/mol. The van der Waals surface area contributed by atoms with Gasteiger partial charge in [0.15, 0.2) is 0 Å². The molecular weight excluding hydrogens is 370 g/mol. The Bertz CT molecular complexity index is 557. The average Bonchev–Trinajstić information content (AvgIpc) is 3.19. The first-order chi connectivity index (χ1) is 13.0. The Balaban J connectivity index is 1.26. The molecule has 154 valence electrons. The lowest BCUT2D eigenvalue weighted by molar-refractivity contribution is -0.141. The molecule has 0 aromatic carbocycles. The molecule has 7 nitrogen and oxygen atoms in total. The van der Waals surface area contributed by atoms with Crippen molar-refractivity contribution in [2.24, 2.45) is 23.7 Å². The van der Waals surface area contributed by atoms with Crippen molar-refractivity contribution >= 4 is 11.6 Å². The van der Waals surface area contributed by atoms with Gasteiger partial charge in [0.2, 0.25) is 0 Å². The topological polar surface area (TPSA) is 97.2 Å². The van der Waals surface area contributed by atoms with Crippen LogP contribution in [0.5, 0.6) is 0 Å². The molecular formula is C19H32ClN3O4. The zero-order valence-corrected chi connectivity index (χ0v) is 16.3. The van der Waals surface area contributed by atoms with Gasteiger partial charge < -0.3 is 20.1 Å². The van der Waals surface area contributed by atoms with Crippen LogP contribution in [-0.2, 0) is 4.74 Å². The Kier molecular flexibility index (Phi) is 5.18. The molecule has 2 saturated carbocycles. The maximum absolute atomic E-state index is 11.0. The van der Waals surface area contributed by atoms with Gasteiger partial charge in [-0.15, -0.1) is 11.6 Å². The number of aliphatic hydroxyl groups excluding tert-OH is 3. The van der Waals surface area contributed by atoms with Crippen LogP contribution >= 0.6 is 11.6 Å². The zero-order chi connectivity index (χ0) is 18.7. The minimum atomic E-state index is -1.06. The number of hydrogen-bond donors (Lipinski definition) is 5. The van der Waals surface area contributed by atoms with Gasteiger partial charge in [-0.3, -0.25) is 15.5 Å². The van der Waals surface area contributed by atoms with E-state index in [2.05, 4.69) is 15.5 Å². The van der Waals surface area contributed by atoms with E-state index in [-0.39, 0.29) is 23.5 Å². The summed E-state index contributed by atoms with van der Waals surface area (Å²) in [4.78, 5) is 2.07. The van der Waals surface area contributed by atoms with E-state index < -0.39 is 30.6 Å². The lowest BCUT2D eigenvalue weighted by Gasteiger charge is -2.45. The molecule has 0 amide bonds. The third kappa shape index (κ3) is 3.15. The third-order valence-electron chi connectivity index (χ3n) is 7.98. The van der Waals surface area contributed by atoms with Crippen molar-refractivity contribution < 1.29 is 20.1 Å². The number of alkyl halides is 1. The van der Waals surface area contributed by atoms with Crippen LogP contribution in [0.2, 0.25) is 0 Å². The van der Waals surface area contributed by atoms with Gasteiger partial charge in [0.1, 0.15) is 24.5 Å². The Morgan fingerprint density at radius 3 is 2.52 bits per heavy atom. The van der Waals surface area contributed by atoms with Crippen molar-refractivity contribution in [2.45, 2.75) is 80.8 Å². The van der Waals surface area contributed by atoms with Gasteiger partial charge in [0.25, 0.3) is 0 Å². The van der Waals surface area contributed by atoms with Gasteiger partial charge in [-0.2, -0.15) is 0 Å². The molecule has 3 aliphatic heterocycles. The third-order valence-corrected chi connectivity index (χ3v) is 8.46. The van der Waals surface area contributed by atoms with Crippen molar-refractivity contribution in [3.05, 3.63) is 0 Å². The lowest BCUT2D eigenvalue weighted by Crippen LogP contribution is -2.61. The van der Waals surface area contributed by atoms with Crippen LogP contribution in [-0.4, -0.2) is 75.7 Å². The van der Waals surface area contributed by atoms with Crippen molar-refractivity contribution in [3.8, 4) is 0 Å². The van der Waals surface area contributed by atoms with Crippen LogP contribution in [0, 0.1) is 23.7 Å². The number of rotatable bonds is 3. The van der Waals surface area contributed by atoms with Gasteiger partial charge in [0, 0.05) is 19.1 Å². The summed E-state index contributed by atoms with van der Waals surface area (Å²) in [6.07, 6.45) is 2.57. The van der Waals surface area contributed by atoms with Crippen LogP contribution in [0.4, 0.5) is 0 Å². The molecule has 5 aliphatic rings. The summed E-state index contributed by atoms with van der Waals surface area (Å²) >= 11 is 6.40. The standard InChI is InChI=1S/C19H32ClN3O4/c20-17-12-5-6-23(18(12)22-8-21-17)19-15(26)14(25)16(27-19)13(24)11-4-2-9-1-3-10(9)7-11/h9-19,21-22,24-26H,1-8H2/t9?,10?,11?,12?,13-,14+,15-,16-,17?,18?,19-/m1/s1. The van der Waals surface area contributed by atoms with Crippen molar-refractivity contribution in [1.29, 1.82) is 0 Å². The number of nitrogens with zero attached hydrogens (tertiary/aromatic N) is 1. The van der Waals surface area contributed by atoms with Gasteiger partial charge in [-0.05, 0) is 56.3 Å². The summed E-state index contributed by atoms with van der Waals surface area (Å²) in [5, 5.41) is 38.9. The number of aliphatic hydroxyl groups is 3. The molecule has 0 aromatic heterocycles. The molecule has 2 aliphatic carbocycles. The van der Waals surface area contributed by atoms with Crippen LogP contribution < -0.4 is 10.6 Å². The molecule has 8 heteroatoms. The number of likely N-dealkylation sites (tertiary alicyclic amines) is 1. The predicted octanol–water partition coefficient (Wildman–Crippen LogP) is -0.0165. The van der Waals surface area contributed by atoms with E-state index in [4.69, 9.17) is 16.3 Å². The first-order valence-electron chi connectivity index (χ1n) is 10.6. The summed E-state index contributed by atoms with van der Waals surface area (Å²) < 4.78 is 6.12. The molecule has 5 fully saturated rings. The zero-order valence-electron chi connectivity index (χ0n) is 15.6. The molecule has 11 atom stereocenters. The number of fused-ring (bicyclic) bond motifs is 2. The van der Waals surface area contributed by atoms with Gasteiger partial charge in [-0.25, -0.2) is 0 Å². The molecule has 3 heterocycles. The lowest BCUT2D eigenvalue weighted by atomic mass is 9.61. The highest BCUT2D eigenvalue weighted by molar-refractivity contribution is 6.20. The fraction of sp³-hybridized carbons (Fsp3) is 1.00. The van der Waals surface area contributed by atoms with Gasteiger partial charge in [0.05, 0.1) is 17.8 Å². The quantitative estimate of drug-likeness (QED) is 0.335. The molecule has 0 spiro atoms. The molecule has 27 heavy (non-hydrogen) atoms. The van der Waals surface area contributed by atoms with E-state index in [1.165, 1.54) is 19.3 Å². The van der Waals surface area contributed by atoms with Crippen molar-refractivity contribution in [3.63, 3.8) is 0 Å². The Morgan fingerprint density at radius 2 is 1.78 bits per heavy atom. The number of halogens is 1. The normalized spacial score (nSPS) is 54.2. The van der Waals surface area contributed by atoms with Crippen LogP contribution in [0.25, 0.3) is 0 Å². The summed E-state index contributed by atoms with van der Waals surface area (Å²) in [5.74, 6) is 1.97. The molecule has 0 bridgehead atoms. The van der Waals surface area contributed by atoms with Crippen LogP contribution in [0.15, 0.2) is 0 Å². The fourth-order valence-corrected chi connectivity index (χ4v) is 6.54. The SMILES string of the molecule is O[C@@H]1[C@H](O)[C@@H]([C@H](O)C2CCC3CCC3C2)O[C@H]1N1CCC2C(Cl)NCNC21. The predicted molar refractivity (Wildman–Crippen MR) is 99.6 cm³/mol. The van der Waals surface area contributed by atoms with Crippen LogP contribution in [0.3, 0.4) is 0 Å². The molecule has 5 rings (SSSR count). The summed E-state index contributed by atoms with van der Waals surface area (Å²) in [7, 11) is 0. The minimum Gasteiger partial charge on any atom is -0.390 e. The van der Waals surface area contributed by atoms with E-state index >= 15 is 0 Å². The first kappa shape index (κ1) is 19.0. The Labute approximate surface area is 165 Å². The maximum Gasteiger partial charge on any atom is 0.141 e. The number of hydrogen-bond acceptors (Lipinski definition) is 7. The smallest absolute Gasteiger partial charge is 0.141 e. The number of ether oxygens (including phenoxy) is 1. The van der Waals surface area contributed by atoms with E-state index in [1.807, 2.05) is 0 Å². The summed E-state index contributed by atoms with van der Waals surface area (Å²) in [5.41, 5.74) is -0.108. The highest BCUT2D eigenvalue weighted by Gasteiger charge is 2.54. The van der Waals surface area contributed by atoms with E-state index in [9.17, 15) is 15.3 Å². The summed E-state index contributed by atoms with van der Waals surface area (Å²) in [6.45, 7) is 1.35. The second-order valence-electron chi connectivity index (χ2n) is 9.26. The molecule has 0 aromatic rings.